The molecule has 0 rings (SSSR count). The van der Waals surface area contributed by atoms with Crippen LogP contribution >= 0.6 is 22.6 Å². The van der Waals surface area contributed by atoms with E-state index < -0.39 is 0 Å². The number of halogens is 1. The Morgan fingerprint density at radius 3 is 1.93 bits per heavy atom. The average molecular weight is 306 g/mol. The van der Waals surface area contributed by atoms with Crippen LogP contribution in [0, 0.1) is 0 Å². The zero-order valence-electron chi connectivity index (χ0n) is 9.18. The first kappa shape index (κ1) is 14.2. The van der Waals surface area contributed by atoms with Gasteiger partial charge in [-0.25, -0.2) is 0 Å². The van der Waals surface area contributed by atoms with Crippen molar-refractivity contribution in [2.75, 3.05) is 4.43 Å². The lowest BCUT2D eigenvalue weighted by atomic mass is 10.1. The van der Waals surface area contributed by atoms with Crippen molar-refractivity contribution in [3.63, 3.8) is 0 Å². The summed E-state index contributed by atoms with van der Waals surface area (Å²) in [6, 6.07) is 0. The van der Waals surface area contributed by atoms with Gasteiger partial charge in [0, 0.05) is 0 Å². The summed E-state index contributed by atoms with van der Waals surface area (Å²) < 4.78 is 1.31. The van der Waals surface area contributed by atoms with Gasteiger partial charge in [-0.15, -0.1) is 6.58 Å². The lowest BCUT2D eigenvalue weighted by Gasteiger charge is -1.94. The van der Waals surface area contributed by atoms with E-state index in [9.17, 15) is 0 Å². The zero-order chi connectivity index (χ0) is 10.5. The molecule has 0 aromatic heterocycles. The predicted octanol–water partition coefficient (Wildman–Crippen LogP) is 5.28. The predicted molar refractivity (Wildman–Crippen MR) is 75.2 cm³/mol. The van der Waals surface area contributed by atoms with Crippen molar-refractivity contribution < 1.29 is 0 Å². The number of unbranched alkanes of at least 4 members (excludes halogenated alkanes) is 6. The lowest BCUT2D eigenvalue weighted by molar-refractivity contribution is 0.731. The molecule has 0 N–H and O–H groups in total. The zero-order valence-corrected chi connectivity index (χ0v) is 11.3. The van der Waals surface area contributed by atoms with Crippen LogP contribution in [-0.2, 0) is 0 Å². The maximum atomic E-state index is 3.72. The van der Waals surface area contributed by atoms with Crippen LogP contribution in [0.4, 0.5) is 0 Å². The second kappa shape index (κ2) is 13.2. The molecule has 0 heterocycles. The Morgan fingerprint density at radius 2 is 1.36 bits per heavy atom. The number of hydrogen-bond acceptors (Lipinski definition) is 0. The van der Waals surface area contributed by atoms with Crippen LogP contribution in [0.2, 0.25) is 0 Å². The summed E-state index contributed by atoms with van der Waals surface area (Å²) in [5.41, 5.74) is 0. The van der Waals surface area contributed by atoms with Crippen LogP contribution < -0.4 is 0 Å². The van der Waals surface area contributed by atoms with Crippen molar-refractivity contribution in [3.05, 3.63) is 24.8 Å². The Kier molecular flexibility index (Phi) is 13.4. The molecule has 82 valence electrons. The Balaban J connectivity index is 2.99. The van der Waals surface area contributed by atoms with Crippen LogP contribution in [0.25, 0.3) is 0 Å². The van der Waals surface area contributed by atoms with Crippen molar-refractivity contribution in [2.45, 2.75) is 51.4 Å². The quantitative estimate of drug-likeness (QED) is 0.223. The Labute approximate surface area is 103 Å². The Hall–Kier alpha value is 0.210. The van der Waals surface area contributed by atoms with E-state index in [1.807, 2.05) is 6.08 Å². The molecule has 0 atom stereocenters. The van der Waals surface area contributed by atoms with Crippen molar-refractivity contribution in [1.29, 1.82) is 0 Å². The fourth-order valence-corrected chi connectivity index (χ4v) is 1.86. The van der Waals surface area contributed by atoms with Gasteiger partial charge in [0.1, 0.15) is 0 Å². The summed E-state index contributed by atoms with van der Waals surface area (Å²) in [6.45, 7) is 3.72. The summed E-state index contributed by atoms with van der Waals surface area (Å²) in [4.78, 5) is 0. The maximum absolute atomic E-state index is 3.72. The van der Waals surface area contributed by atoms with Gasteiger partial charge < -0.3 is 0 Å². The Morgan fingerprint density at radius 1 is 0.786 bits per heavy atom. The smallest absolute Gasteiger partial charge is 0.000473 e. The molecule has 0 aromatic carbocycles. The highest BCUT2D eigenvalue weighted by molar-refractivity contribution is 14.1. The standard InChI is InChI=1S/C13H23I/c1-2-3-4-5-6-7-8-9-10-11-12-13-14/h2,7-8H,1,3-6,9-13H2/b8-7+. The first-order valence-electron chi connectivity index (χ1n) is 5.73. The second-order valence-electron chi connectivity index (χ2n) is 3.58. The van der Waals surface area contributed by atoms with Crippen LogP contribution in [0.5, 0.6) is 0 Å². The number of hydrogen-bond donors (Lipinski definition) is 0. The first-order chi connectivity index (χ1) is 6.91. The summed E-state index contributed by atoms with van der Waals surface area (Å²) >= 11 is 2.45. The van der Waals surface area contributed by atoms with Gasteiger partial charge in [0.05, 0.1) is 0 Å². The van der Waals surface area contributed by atoms with Crippen LogP contribution in [0.3, 0.4) is 0 Å². The lowest BCUT2D eigenvalue weighted by Crippen LogP contribution is -1.76. The van der Waals surface area contributed by atoms with E-state index in [2.05, 4.69) is 41.3 Å². The molecule has 0 unspecified atom stereocenters. The van der Waals surface area contributed by atoms with Gasteiger partial charge in [-0.05, 0) is 49.4 Å². The van der Waals surface area contributed by atoms with E-state index in [0.29, 0.717) is 0 Å². The van der Waals surface area contributed by atoms with Gasteiger partial charge in [0.2, 0.25) is 0 Å². The average Bonchev–Trinajstić information content (AvgIpc) is 2.21. The molecular weight excluding hydrogens is 283 g/mol. The summed E-state index contributed by atoms with van der Waals surface area (Å²) in [7, 11) is 0. The molecule has 1 heteroatoms. The highest BCUT2D eigenvalue weighted by Gasteiger charge is 1.85. The van der Waals surface area contributed by atoms with Crippen LogP contribution in [0.1, 0.15) is 51.4 Å². The van der Waals surface area contributed by atoms with Gasteiger partial charge in [-0.3, -0.25) is 0 Å². The summed E-state index contributed by atoms with van der Waals surface area (Å²) in [5.74, 6) is 0. The van der Waals surface area contributed by atoms with E-state index in [0.717, 1.165) is 0 Å². The molecule has 0 bridgehead atoms. The molecule has 0 amide bonds. The fourth-order valence-electron chi connectivity index (χ4n) is 1.32. The fraction of sp³-hybridized carbons (Fsp3) is 0.692. The topological polar surface area (TPSA) is 0 Å². The van der Waals surface area contributed by atoms with Crippen molar-refractivity contribution in [2.24, 2.45) is 0 Å². The molecule has 0 aromatic rings. The number of rotatable bonds is 10. The monoisotopic (exact) mass is 306 g/mol. The van der Waals surface area contributed by atoms with Crippen molar-refractivity contribution in [1.82, 2.24) is 0 Å². The highest BCUT2D eigenvalue weighted by Crippen LogP contribution is 2.05. The molecule has 0 aliphatic rings. The molecule has 0 spiro atoms. The van der Waals surface area contributed by atoms with Gasteiger partial charge in [0.25, 0.3) is 0 Å². The first-order valence-corrected chi connectivity index (χ1v) is 7.26. The third kappa shape index (κ3) is 12.2. The molecule has 0 aliphatic heterocycles. The molecular formula is C13H23I. The maximum Gasteiger partial charge on any atom is -0.000473 e. The van der Waals surface area contributed by atoms with E-state index in [-0.39, 0.29) is 0 Å². The number of allylic oxidation sites excluding steroid dienone is 3. The van der Waals surface area contributed by atoms with Gasteiger partial charge in [-0.1, -0.05) is 47.2 Å². The molecule has 0 saturated heterocycles. The molecule has 0 saturated carbocycles. The van der Waals surface area contributed by atoms with Crippen LogP contribution in [0.15, 0.2) is 24.8 Å². The molecule has 0 radical (unpaired) electrons. The van der Waals surface area contributed by atoms with Crippen molar-refractivity contribution in [3.8, 4) is 0 Å². The van der Waals surface area contributed by atoms with E-state index in [1.54, 1.807) is 0 Å². The Bertz CT molecular complexity index is 138. The van der Waals surface area contributed by atoms with E-state index in [1.165, 1.54) is 55.8 Å². The van der Waals surface area contributed by atoms with Crippen LogP contribution in [-0.4, -0.2) is 4.43 Å². The molecule has 0 aliphatic carbocycles. The third-order valence-electron chi connectivity index (χ3n) is 2.20. The second-order valence-corrected chi connectivity index (χ2v) is 4.66. The van der Waals surface area contributed by atoms with Gasteiger partial charge in [-0.2, -0.15) is 0 Å². The van der Waals surface area contributed by atoms with E-state index in [4.69, 9.17) is 0 Å². The molecule has 14 heavy (non-hydrogen) atoms. The minimum atomic E-state index is 1.17. The van der Waals surface area contributed by atoms with Crippen molar-refractivity contribution >= 4 is 22.6 Å². The number of alkyl halides is 1. The van der Waals surface area contributed by atoms with Gasteiger partial charge in [0.15, 0.2) is 0 Å². The van der Waals surface area contributed by atoms with Gasteiger partial charge >= 0.3 is 0 Å². The summed E-state index contributed by atoms with van der Waals surface area (Å²) in [6.07, 6.45) is 17.1. The van der Waals surface area contributed by atoms with E-state index >= 15 is 0 Å². The minimum absolute atomic E-state index is 1.17. The molecule has 0 fully saturated rings. The summed E-state index contributed by atoms with van der Waals surface area (Å²) in [5, 5.41) is 0. The minimum Gasteiger partial charge on any atom is -0.103 e. The SMILES string of the molecule is C=CCCCC/C=C/CCCCCI. The highest BCUT2D eigenvalue weighted by atomic mass is 127. The largest absolute Gasteiger partial charge is 0.103 e. The normalized spacial score (nSPS) is 10.9. The third-order valence-corrected chi connectivity index (χ3v) is 2.96. The molecule has 0 nitrogen and oxygen atoms in total.